The summed E-state index contributed by atoms with van der Waals surface area (Å²) in [5.41, 5.74) is 1.28. The summed E-state index contributed by atoms with van der Waals surface area (Å²) in [6, 6.07) is 0.188. The lowest BCUT2D eigenvalue weighted by atomic mass is 9.64. The lowest BCUT2D eigenvalue weighted by Gasteiger charge is -2.49. The first kappa shape index (κ1) is 14.1. The maximum absolute atomic E-state index is 9.86. The second-order valence-electron chi connectivity index (χ2n) is 6.19. The number of nitrogens with zero attached hydrogens (tertiary/aromatic N) is 3. The van der Waals surface area contributed by atoms with Gasteiger partial charge in [-0.25, -0.2) is 4.98 Å². The Kier molecular flexibility index (Phi) is 3.44. The summed E-state index contributed by atoms with van der Waals surface area (Å²) < 4.78 is 0. The summed E-state index contributed by atoms with van der Waals surface area (Å²) in [6.07, 6.45) is 3.08. The smallest absolute Gasteiger partial charge is 0.226 e. The van der Waals surface area contributed by atoms with E-state index < -0.39 is 0 Å². The molecule has 1 aliphatic rings. The summed E-state index contributed by atoms with van der Waals surface area (Å²) in [5.74, 6) is 1.32. The number of fused-ring (bicyclic) bond motifs is 1. The first-order chi connectivity index (χ1) is 10.0. The Balaban J connectivity index is 1.88. The molecule has 0 spiro atoms. The largest absolute Gasteiger partial charge is 0.392 e. The van der Waals surface area contributed by atoms with Crippen LogP contribution in [-0.4, -0.2) is 43.7 Å². The number of H-pyrrole nitrogens is 1. The fraction of sp³-hybridized carbons (Fsp3) is 0.643. The number of anilines is 2. The Hall–Kier alpha value is -1.89. The van der Waals surface area contributed by atoms with Crippen LogP contribution in [0.15, 0.2) is 6.33 Å². The molecule has 4 N–H and O–H groups in total. The molecule has 2 aromatic heterocycles. The maximum atomic E-state index is 9.86. The fourth-order valence-electron chi connectivity index (χ4n) is 2.57. The van der Waals surface area contributed by atoms with Crippen LogP contribution in [0.4, 0.5) is 11.8 Å². The quantitative estimate of drug-likeness (QED) is 0.669. The minimum absolute atomic E-state index is 0.158. The molecule has 7 heteroatoms. The van der Waals surface area contributed by atoms with Crippen molar-refractivity contribution in [2.24, 2.45) is 5.41 Å². The summed E-state index contributed by atoms with van der Waals surface area (Å²) >= 11 is 0. The second-order valence-corrected chi connectivity index (χ2v) is 6.19. The van der Waals surface area contributed by atoms with Crippen molar-refractivity contribution in [3.63, 3.8) is 0 Å². The van der Waals surface area contributed by atoms with Crippen molar-refractivity contribution < 1.29 is 5.11 Å². The van der Waals surface area contributed by atoms with Gasteiger partial charge in [0, 0.05) is 18.0 Å². The Morgan fingerprint density at radius 2 is 2.24 bits per heavy atom. The number of aliphatic hydroxyl groups is 1. The van der Waals surface area contributed by atoms with Crippen molar-refractivity contribution in [3.05, 3.63) is 6.33 Å². The highest BCUT2D eigenvalue weighted by Gasteiger charge is 2.47. The van der Waals surface area contributed by atoms with Crippen LogP contribution in [0.1, 0.15) is 33.6 Å². The number of hydrogen-bond donors (Lipinski definition) is 4. The van der Waals surface area contributed by atoms with Gasteiger partial charge in [0.25, 0.3) is 0 Å². The van der Waals surface area contributed by atoms with E-state index in [9.17, 15) is 5.11 Å². The third kappa shape index (κ3) is 2.42. The van der Waals surface area contributed by atoms with Crippen molar-refractivity contribution >= 4 is 22.9 Å². The van der Waals surface area contributed by atoms with E-state index in [-0.39, 0.29) is 17.6 Å². The first-order valence-electron chi connectivity index (χ1n) is 7.42. The van der Waals surface area contributed by atoms with E-state index in [0.717, 1.165) is 30.7 Å². The Bertz CT molecular complexity index is 637. The molecule has 0 amide bonds. The van der Waals surface area contributed by atoms with Crippen molar-refractivity contribution in [1.82, 2.24) is 19.9 Å². The van der Waals surface area contributed by atoms with Gasteiger partial charge in [-0.3, -0.25) is 0 Å². The molecule has 2 heterocycles. The number of hydrogen-bond acceptors (Lipinski definition) is 6. The van der Waals surface area contributed by atoms with Crippen molar-refractivity contribution in [1.29, 1.82) is 0 Å². The molecule has 7 nitrogen and oxygen atoms in total. The molecule has 114 valence electrons. The second kappa shape index (κ2) is 5.14. The van der Waals surface area contributed by atoms with E-state index in [1.807, 2.05) is 0 Å². The molecule has 2 aromatic rings. The molecule has 2 atom stereocenters. The molecule has 3 rings (SSSR count). The zero-order valence-electron chi connectivity index (χ0n) is 12.6. The van der Waals surface area contributed by atoms with E-state index in [1.165, 1.54) is 0 Å². The molecule has 0 bridgehead atoms. The van der Waals surface area contributed by atoms with Crippen LogP contribution in [0, 0.1) is 5.41 Å². The molecule has 1 aliphatic carbocycles. The highest BCUT2D eigenvalue weighted by Crippen LogP contribution is 2.42. The van der Waals surface area contributed by atoms with Crippen LogP contribution in [0.3, 0.4) is 0 Å². The van der Waals surface area contributed by atoms with E-state index >= 15 is 0 Å². The monoisotopic (exact) mass is 290 g/mol. The van der Waals surface area contributed by atoms with Gasteiger partial charge < -0.3 is 20.7 Å². The molecule has 2 unspecified atom stereocenters. The van der Waals surface area contributed by atoms with Gasteiger partial charge in [0.1, 0.15) is 5.52 Å². The molecule has 0 saturated heterocycles. The lowest BCUT2D eigenvalue weighted by Crippen LogP contribution is -2.57. The van der Waals surface area contributed by atoms with Crippen LogP contribution in [-0.2, 0) is 0 Å². The minimum atomic E-state index is -0.271. The Morgan fingerprint density at radius 3 is 2.90 bits per heavy atom. The summed E-state index contributed by atoms with van der Waals surface area (Å²) in [5, 5.41) is 16.5. The lowest BCUT2D eigenvalue weighted by molar-refractivity contribution is -0.0511. The fourth-order valence-corrected chi connectivity index (χ4v) is 2.57. The standard InChI is InChI=1S/C14H22N6O/c1-4-5-15-13-19-11-10(16-7-17-11)12(20-13)18-8-6-9(21)14(8,2)3/h7-9,21H,4-6H2,1-3H3,(H3,15,16,17,18,19,20). The Labute approximate surface area is 123 Å². The zero-order valence-corrected chi connectivity index (χ0v) is 12.6. The van der Waals surface area contributed by atoms with Gasteiger partial charge in [0.05, 0.1) is 12.4 Å². The molecule has 0 aromatic carbocycles. The predicted octanol–water partition coefficient (Wildman–Crippen LogP) is 1.75. The normalized spacial score (nSPS) is 23.8. The summed E-state index contributed by atoms with van der Waals surface area (Å²) in [7, 11) is 0. The first-order valence-corrected chi connectivity index (χ1v) is 7.42. The van der Waals surface area contributed by atoms with Crippen LogP contribution in [0.2, 0.25) is 0 Å². The number of aromatic nitrogens is 4. The Morgan fingerprint density at radius 1 is 1.43 bits per heavy atom. The summed E-state index contributed by atoms with van der Waals surface area (Å²) in [4.78, 5) is 16.2. The van der Waals surface area contributed by atoms with Crippen molar-refractivity contribution in [3.8, 4) is 0 Å². The van der Waals surface area contributed by atoms with Crippen LogP contribution < -0.4 is 10.6 Å². The summed E-state index contributed by atoms with van der Waals surface area (Å²) in [6.45, 7) is 7.03. The third-order valence-corrected chi connectivity index (χ3v) is 4.35. The van der Waals surface area contributed by atoms with E-state index in [0.29, 0.717) is 11.6 Å². The van der Waals surface area contributed by atoms with Crippen molar-refractivity contribution in [2.45, 2.75) is 45.8 Å². The van der Waals surface area contributed by atoms with Gasteiger partial charge in [-0.2, -0.15) is 9.97 Å². The highest BCUT2D eigenvalue weighted by molar-refractivity contribution is 5.83. The molecule has 1 saturated carbocycles. The third-order valence-electron chi connectivity index (χ3n) is 4.35. The maximum Gasteiger partial charge on any atom is 0.226 e. The minimum Gasteiger partial charge on any atom is -0.392 e. The van der Waals surface area contributed by atoms with E-state index in [4.69, 9.17) is 0 Å². The average Bonchev–Trinajstić information content (AvgIpc) is 2.93. The van der Waals surface area contributed by atoms with Crippen molar-refractivity contribution in [2.75, 3.05) is 17.2 Å². The molecule has 1 fully saturated rings. The number of nitrogens with one attached hydrogen (secondary N) is 3. The van der Waals surface area contributed by atoms with Gasteiger partial charge in [-0.1, -0.05) is 20.8 Å². The zero-order chi connectivity index (χ0) is 15.0. The average molecular weight is 290 g/mol. The molecule has 0 radical (unpaired) electrons. The van der Waals surface area contributed by atoms with Crippen LogP contribution in [0.5, 0.6) is 0 Å². The number of aliphatic hydroxyl groups excluding tert-OH is 1. The molecular weight excluding hydrogens is 268 g/mol. The van der Waals surface area contributed by atoms with E-state index in [2.05, 4.69) is 51.3 Å². The number of rotatable bonds is 5. The van der Waals surface area contributed by atoms with Crippen LogP contribution >= 0.6 is 0 Å². The SMILES string of the molecule is CCCNc1nc(NC2CC(O)C2(C)C)c2[nH]cnc2n1. The molecular formula is C14H22N6O. The topological polar surface area (TPSA) is 98.8 Å². The number of aromatic amines is 1. The molecule has 0 aliphatic heterocycles. The van der Waals surface area contributed by atoms with Gasteiger partial charge in [0.2, 0.25) is 5.95 Å². The van der Waals surface area contributed by atoms with Gasteiger partial charge >= 0.3 is 0 Å². The highest BCUT2D eigenvalue weighted by atomic mass is 16.3. The van der Waals surface area contributed by atoms with Crippen LogP contribution in [0.25, 0.3) is 11.2 Å². The molecule has 21 heavy (non-hydrogen) atoms. The van der Waals surface area contributed by atoms with Gasteiger partial charge in [0.15, 0.2) is 11.5 Å². The van der Waals surface area contributed by atoms with Gasteiger partial charge in [-0.05, 0) is 12.8 Å². The number of imidazole rings is 1. The van der Waals surface area contributed by atoms with Gasteiger partial charge in [-0.15, -0.1) is 0 Å². The predicted molar refractivity (Wildman–Crippen MR) is 82.3 cm³/mol. The van der Waals surface area contributed by atoms with E-state index in [1.54, 1.807) is 6.33 Å².